The fourth-order valence-corrected chi connectivity index (χ4v) is 2.79. The fraction of sp³-hybridized carbons (Fsp3) is 0.176. The van der Waals surface area contributed by atoms with Crippen LogP contribution < -0.4 is 9.47 Å². The number of fused-ring (bicyclic) bond motifs is 3. The lowest BCUT2D eigenvalue weighted by Crippen LogP contribution is -2.04. The van der Waals surface area contributed by atoms with Crippen LogP contribution in [-0.4, -0.2) is 21.4 Å². The first-order valence-electron chi connectivity index (χ1n) is 7.32. The summed E-state index contributed by atoms with van der Waals surface area (Å²) in [5.74, 6) is 2.41. The van der Waals surface area contributed by atoms with Gasteiger partial charge in [-0.1, -0.05) is 28.1 Å². The molecule has 0 fully saturated rings. The third kappa shape index (κ3) is 2.94. The maximum Gasteiger partial charge on any atom is 0.167 e. The number of rotatable bonds is 3. The maximum absolute atomic E-state index is 5.90. The number of hydrogen-bond acceptors (Lipinski definition) is 4. The molecule has 1 aliphatic heterocycles. The number of hydrogen-bond donors (Lipinski definition) is 0. The molecular formula is C17H14BrN3O2. The van der Waals surface area contributed by atoms with Crippen molar-refractivity contribution < 1.29 is 9.47 Å². The highest BCUT2D eigenvalue weighted by Gasteiger charge is 2.17. The zero-order chi connectivity index (χ0) is 15.6. The van der Waals surface area contributed by atoms with Crippen LogP contribution in [0.15, 0.2) is 53.3 Å². The molecule has 0 radical (unpaired) electrons. The fourth-order valence-electron chi connectivity index (χ4n) is 2.53. The van der Waals surface area contributed by atoms with Gasteiger partial charge in [-0.25, -0.2) is 0 Å². The molecule has 6 heteroatoms. The van der Waals surface area contributed by atoms with Gasteiger partial charge in [0, 0.05) is 4.47 Å². The second kappa shape index (κ2) is 6.04. The Kier molecular flexibility index (Phi) is 3.75. The second-order valence-corrected chi connectivity index (χ2v) is 6.19. The number of ether oxygens (including phenoxy) is 2. The molecule has 0 saturated heterocycles. The van der Waals surface area contributed by atoms with Crippen LogP contribution in [-0.2, 0) is 13.2 Å². The van der Waals surface area contributed by atoms with Crippen molar-refractivity contribution in [1.82, 2.24) is 14.8 Å². The first-order valence-corrected chi connectivity index (χ1v) is 8.11. The molecule has 0 bridgehead atoms. The van der Waals surface area contributed by atoms with E-state index in [1.807, 2.05) is 47.0 Å². The molecule has 0 unspecified atom stereocenters. The van der Waals surface area contributed by atoms with Crippen molar-refractivity contribution in [2.45, 2.75) is 13.2 Å². The van der Waals surface area contributed by atoms with Gasteiger partial charge in [-0.05, 0) is 35.9 Å². The van der Waals surface area contributed by atoms with Gasteiger partial charge in [0.1, 0.15) is 31.0 Å². The predicted octanol–water partition coefficient (Wildman–Crippen LogP) is 3.68. The highest BCUT2D eigenvalue weighted by Crippen LogP contribution is 2.34. The molecule has 0 atom stereocenters. The Morgan fingerprint density at radius 1 is 1.17 bits per heavy atom. The van der Waals surface area contributed by atoms with Gasteiger partial charge in [-0.3, -0.25) is 0 Å². The van der Waals surface area contributed by atoms with Gasteiger partial charge in [0.05, 0.1) is 12.1 Å². The minimum atomic E-state index is 0.514. The lowest BCUT2D eigenvalue weighted by molar-refractivity contribution is 0.299. The second-order valence-electron chi connectivity index (χ2n) is 5.27. The molecule has 0 saturated carbocycles. The number of halogens is 1. The standard InChI is InChI=1S/C17H14BrN3O2/c18-13-3-1-12(2-4-13)10-23-14-5-6-16-15(9-14)17-20-19-11-21(17)7-8-22-16/h1-6,9,11H,7-8,10H2. The summed E-state index contributed by atoms with van der Waals surface area (Å²) in [5.41, 5.74) is 2.02. The molecular weight excluding hydrogens is 358 g/mol. The van der Waals surface area contributed by atoms with Crippen molar-refractivity contribution in [3.8, 4) is 22.9 Å². The van der Waals surface area contributed by atoms with Crippen molar-refractivity contribution in [3.05, 3.63) is 58.8 Å². The first-order chi connectivity index (χ1) is 11.3. The minimum Gasteiger partial charge on any atom is -0.491 e. The van der Waals surface area contributed by atoms with E-state index < -0.39 is 0 Å². The monoisotopic (exact) mass is 371 g/mol. The summed E-state index contributed by atoms with van der Waals surface area (Å²) >= 11 is 3.43. The lowest BCUT2D eigenvalue weighted by atomic mass is 10.1. The van der Waals surface area contributed by atoms with E-state index in [1.54, 1.807) is 6.33 Å². The third-order valence-corrected chi connectivity index (χ3v) is 4.24. The number of aromatic nitrogens is 3. The lowest BCUT2D eigenvalue weighted by Gasteiger charge is -2.10. The van der Waals surface area contributed by atoms with E-state index in [1.165, 1.54) is 0 Å². The van der Waals surface area contributed by atoms with Gasteiger partial charge in [0.2, 0.25) is 0 Å². The van der Waals surface area contributed by atoms with Gasteiger partial charge in [0.25, 0.3) is 0 Å². The highest BCUT2D eigenvalue weighted by molar-refractivity contribution is 9.10. The zero-order valence-corrected chi connectivity index (χ0v) is 13.9. The van der Waals surface area contributed by atoms with E-state index in [0.29, 0.717) is 13.2 Å². The molecule has 3 aromatic rings. The predicted molar refractivity (Wildman–Crippen MR) is 89.4 cm³/mol. The maximum atomic E-state index is 5.90. The summed E-state index contributed by atoms with van der Waals surface area (Å²) in [6.45, 7) is 1.86. The van der Waals surface area contributed by atoms with Crippen LogP contribution in [0.2, 0.25) is 0 Å². The van der Waals surface area contributed by atoms with E-state index in [-0.39, 0.29) is 0 Å². The largest absolute Gasteiger partial charge is 0.491 e. The third-order valence-electron chi connectivity index (χ3n) is 3.72. The summed E-state index contributed by atoms with van der Waals surface area (Å²) in [4.78, 5) is 0. The highest BCUT2D eigenvalue weighted by atomic mass is 79.9. The molecule has 2 aromatic carbocycles. The van der Waals surface area contributed by atoms with E-state index >= 15 is 0 Å². The Balaban J connectivity index is 1.59. The Hall–Kier alpha value is -2.34. The molecule has 23 heavy (non-hydrogen) atoms. The smallest absolute Gasteiger partial charge is 0.167 e. The zero-order valence-electron chi connectivity index (χ0n) is 12.3. The molecule has 5 nitrogen and oxygen atoms in total. The van der Waals surface area contributed by atoms with Crippen LogP contribution in [0.4, 0.5) is 0 Å². The van der Waals surface area contributed by atoms with E-state index in [9.17, 15) is 0 Å². The van der Waals surface area contributed by atoms with Gasteiger partial charge < -0.3 is 14.0 Å². The summed E-state index contributed by atoms with van der Waals surface area (Å²) in [7, 11) is 0. The van der Waals surface area contributed by atoms with Crippen molar-refractivity contribution in [2.24, 2.45) is 0 Å². The molecule has 4 rings (SSSR count). The Morgan fingerprint density at radius 2 is 2.04 bits per heavy atom. The molecule has 2 heterocycles. The van der Waals surface area contributed by atoms with Crippen LogP contribution in [0, 0.1) is 0 Å². The van der Waals surface area contributed by atoms with Gasteiger partial charge >= 0.3 is 0 Å². The Labute approximate surface area is 142 Å². The molecule has 1 aromatic heterocycles. The average molecular weight is 372 g/mol. The van der Waals surface area contributed by atoms with Gasteiger partial charge in [-0.2, -0.15) is 0 Å². The topological polar surface area (TPSA) is 49.2 Å². The van der Waals surface area contributed by atoms with Crippen molar-refractivity contribution in [2.75, 3.05) is 6.61 Å². The first kappa shape index (κ1) is 14.3. The summed E-state index contributed by atoms with van der Waals surface area (Å²) in [6.07, 6.45) is 1.73. The average Bonchev–Trinajstić information content (AvgIpc) is 2.97. The molecule has 0 N–H and O–H groups in total. The van der Waals surface area contributed by atoms with E-state index in [2.05, 4.69) is 26.1 Å². The van der Waals surface area contributed by atoms with Crippen molar-refractivity contribution >= 4 is 15.9 Å². The van der Waals surface area contributed by atoms with Gasteiger partial charge in [-0.15, -0.1) is 10.2 Å². The molecule has 0 amide bonds. The normalized spacial score (nSPS) is 12.7. The van der Waals surface area contributed by atoms with Crippen molar-refractivity contribution in [1.29, 1.82) is 0 Å². The van der Waals surface area contributed by atoms with E-state index in [0.717, 1.165) is 39.5 Å². The summed E-state index contributed by atoms with van der Waals surface area (Å²) in [5, 5.41) is 8.19. The van der Waals surface area contributed by atoms with Crippen LogP contribution in [0.5, 0.6) is 11.5 Å². The molecule has 0 spiro atoms. The molecule has 1 aliphatic rings. The van der Waals surface area contributed by atoms with Crippen LogP contribution in [0.1, 0.15) is 5.56 Å². The van der Waals surface area contributed by atoms with Crippen molar-refractivity contribution in [3.63, 3.8) is 0 Å². The summed E-state index contributed by atoms with van der Waals surface area (Å²) in [6, 6.07) is 13.9. The minimum absolute atomic E-state index is 0.514. The summed E-state index contributed by atoms with van der Waals surface area (Å²) < 4.78 is 14.7. The number of benzene rings is 2. The Bertz CT molecular complexity index is 830. The molecule has 0 aliphatic carbocycles. The number of nitrogens with zero attached hydrogens (tertiary/aromatic N) is 3. The van der Waals surface area contributed by atoms with Crippen LogP contribution >= 0.6 is 15.9 Å². The molecule has 116 valence electrons. The van der Waals surface area contributed by atoms with Crippen LogP contribution in [0.25, 0.3) is 11.4 Å². The van der Waals surface area contributed by atoms with Gasteiger partial charge in [0.15, 0.2) is 5.82 Å². The SMILES string of the molecule is Brc1ccc(COc2ccc3c(c2)-c2nncn2CCO3)cc1. The quantitative estimate of drug-likeness (QED) is 0.704. The Morgan fingerprint density at radius 3 is 2.91 bits per heavy atom. The van der Waals surface area contributed by atoms with E-state index in [4.69, 9.17) is 9.47 Å². The van der Waals surface area contributed by atoms with Crippen LogP contribution in [0.3, 0.4) is 0 Å².